The summed E-state index contributed by atoms with van der Waals surface area (Å²) in [5.41, 5.74) is 1.11. The molecule has 1 aromatic rings. The number of rotatable bonds is 4. The maximum atomic E-state index is 11.8. The van der Waals surface area contributed by atoms with Crippen LogP contribution in [0.3, 0.4) is 0 Å². The Bertz CT molecular complexity index is 542. The summed E-state index contributed by atoms with van der Waals surface area (Å²) < 4.78 is 5.24. The highest BCUT2D eigenvalue weighted by atomic mass is 16.5. The third kappa shape index (κ3) is 4.71. The first-order valence-corrected chi connectivity index (χ1v) is 7.25. The largest absolute Gasteiger partial charge is 0.506 e. The SMILES string of the molecule is Cc1ccc(O)c(NC(=O)C(=O)NCCN2CCOCC2)c1. The molecule has 1 fully saturated rings. The van der Waals surface area contributed by atoms with Gasteiger partial charge in [-0.25, -0.2) is 0 Å². The van der Waals surface area contributed by atoms with Gasteiger partial charge in [-0.15, -0.1) is 0 Å². The zero-order valence-corrected chi connectivity index (χ0v) is 12.6. The fourth-order valence-electron chi connectivity index (χ4n) is 2.16. The number of benzene rings is 1. The Kier molecular flexibility index (Phi) is 5.74. The summed E-state index contributed by atoms with van der Waals surface area (Å²) in [6.07, 6.45) is 0. The number of phenols is 1. The van der Waals surface area contributed by atoms with Crippen molar-refractivity contribution in [3.8, 4) is 5.75 Å². The lowest BCUT2D eigenvalue weighted by Gasteiger charge is -2.26. The van der Waals surface area contributed by atoms with Crippen molar-refractivity contribution in [1.29, 1.82) is 0 Å². The zero-order valence-electron chi connectivity index (χ0n) is 12.6. The van der Waals surface area contributed by atoms with Crippen molar-refractivity contribution < 1.29 is 19.4 Å². The number of anilines is 1. The lowest BCUT2D eigenvalue weighted by molar-refractivity contribution is -0.136. The second kappa shape index (κ2) is 7.77. The second-order valence-electron chi connectivity index (χ2n) is 5.18. The summed E-state index contributed by atoms with van der Waals surface area (Å²) in [5, 5.41) is 14.6. The van der Waals surface area contributed by atoms with E-state index in [0.717, 1.165) is 18.7 Å². The topological polar surface area (TPSA) is 90.9 Å². The molecular formula is C15H21N3O4. The molecule has 1 aliphatic rings. The molecular weight excluding hydrogens is 286 g/mol. The van der Waals surface area contributed by atoms with Gasteiger partial charge in [0.25, 0.3) is 0 Å². The molecule has 120 valence electrons. The van der Waals surface area contributed by atoms with Crippen molar-refractivity contribution in [1.82, 2.24) is 10.2 Å². The van der Waals surface area contributed by atoms with E-state index in [9.17, 15) is 14.7 Å². The third-order valence-corrected chi connectivity index (χ3v) is 3.42. The Morgan fingerprint density at radius 2 is 2.00 bits per heavy atom. The number of phenolic OH excluding ortho intramolecular Hbond substituents is 1. The van der Waals surface area contributed by atoms with Crippen LogP contribution in [0.5, 0.6) is 5.75 Å². The first kappa shape index (κ1) is 16.3. The standard InChI is InChI=1S/C15H21N3O4/c1-11-2-3-13(19)12(10-11)17-15(21)14(20)16-4-5-18-6-8-22-9-7-18/h2-3,10,19H,4-9H2,1H3,(H,16,20)(H,17,21). The first-order chi connectivity index (χ1) is 10.6. The quantitative estimate of drug-likeness (QED) is 0.542. The van der Waals surface area contributed by atoms with Crippen LogP contribution in [0.15, 0.2) is 18.2 Å². The zero-order chi connectivity index (χ0) is 15.9. The molecule has 2 amide bonds. The van der Waals surface area contributed by atoms with Crippen LogP contribution in [0, 0.1) is 6.92 Å². The van der Waals surface area contributed by atoms with E-state index in [4.69, 9.17) is 4.74 Å². The molecule has 0 aromatic heterocycles. The van der Waals surface area contributed by atoms with E-state index < -0.39 is 11.8 Å². The lowest BCUT2D eigenvalue weighted by atomic mass is 10.2. The number of ether oxygens (including phenoxy) is 1. The molecule has 0 spiro atoms. The van der Waals surface area contributed by atoms with Crippen molar-refractivity contribution >= 4 is 17.5 Å². The molecule has 3 N–H and O–H groups in total. The summed E-state index contributed by atoms with van der Waals surface area (Å²) in [4.78, 5) is 25.7. The Morgan fingerprint density at radius 1 is 1.27 bits per heavy atom. The molecule has 2 rings (SSSR count). The van der Waals surface area contributed by atoms with Crippen LogP contribution in [0.1, 0.15) is 5.56 Å². The van der Waals surface area contributed by atoms with E-state index in [1.54, 1.807) is 12.1 Å². The molecule has 0 atom stereocenters. The highest BCUT2D eigenvalue weighted by Crippen LogP contribution is 2.23. The van der Waals surface area contributed by atoms with Gasteiger partial charge in [0, 0.05) is 26.2 Å². The number of nitrogens with zero attached hydrogens (tertiary/aromatic N) is 1. The van der Waals surface area contributed by atoms with Gasteiger partial charge in [-0.2, -0.15) is 0 Å². The molecule has 0 saturated carbocycles. The second-order valence-corrected chi connectivity index (χ2v) is 5.18. The predicted octanol–water partition coefficient (Wildman–Crippen LogP) is 0.0875. The minimum Gasteiger partial charge on any atom is -0.506 e. The van der Waals surface area contributed by atoms with E-state index in [1.807, 2.05) is 6.92 Å². The molecule has 1 saturated heterocycles. The van der Waals surface area contributed by atoms with Crippen LogP contribution >= 0.6 is 0 Å². The molecule has 1 aromatic carbocycles. The van der Waals surface area contributed by atoms with Crippen molar-refractivity contribution in [2.75, 3.05) is 44.7 Å². The summed E-state index contributed by atoms with van der Waals surface area (Å²) in [6, 6.07) is 4.79. The van der Waals surface area contributed by atoms with E-state index in [0.29, 0.717) is 26.3 Å². The van der Waals surface area contributed by atoms with Crippen LogP contribution in [-0.4, -0.2) is 61.2 Å². The van der Waals surface area contributed by atoms with Crippen molar-refractivity contribution in [3.05, 3.63) is 23.8 Å². The molecule has 7 nitrogen and oxygen atoms in total. The number of aromatic hydroxyl groups is 1. The molecule has 1 aliphatic heterocycles. The van der Waals surface area contributed by atoms with Crippen molar-refractivity contribution in [3.63, 3.8) is 0 Å². The summed E-state index contributed by atoms with van der Waals surface area (Å²) in [7, 11) is 0. The minimum absolute atomic E-state index is 0.0694. The van der Waals surface area contributed by atoms with Gasteiger partial charge in [-0.1, -0.05) is 6.07 Å². The first-order valence-electron chi connectivity index (χ1n) is 7.25. The lowest BCUT2D eigenvalue weighted by Crippen LogP contribution is -2.43. The van der Waals surface area contributed by atoms with Crippen LogP contribution < -0.4 is 10.6 Å². The number of morpholine rings is 1. The van der Waals surface area contributed by atoms with Gasteiger partial charge >= 0.3 is 11.8 Å². The van der Waals surface area contributed by atoms with E-state index in [-0.39, 0.29) is 11.4 Å². The van der Waals surface area contributed by atoms with Crippen LogP contribution in [0.2, 0.25) is 0 Å². The van der Waals surface area contributed by atoms with Gasteiger partial charge in [0.2, 0.25) is 0 Å². The van der Waals surface area contributed by atoms with Crippen LogP contribution in [0.25, 0.3) is 0 Å². The maximum Gasteiger partial charge on any atom is 0.313 e. The molecule has 0 aliphatic carbocycles. The van der Waals surface area contributed by atoms with Gasteiger partial charge < -0.3 is 20.5 Å². The predicted molar refractivity (Wildman–Crippen MR) is 81.7 cm³/mol. The van der Waals surface area contributed by atoms with Crippen LogP contribution in [-0.2, 0) is 14.3 Å². The van der Waals surface area contributed by atoms with E-state index in [2.05, 4.69) is 15.5 Å². The Morgan fingerprint density at radius 3 is 2.73 bits per heavy atom. The summed E-state index contributed by atoms with van der Waals surface area (Å²) in [6.45, 7) is 5.96. The summed E-state index contributed by atoms with van der Waals surface area (Å²) in [5.74, 6) is -1.57. The number of aryl methyl sites for hydroxylation is 1. The Hall–Kier alpha value is -2.12. The van der Waals surface area contributed by atoms with Crippen molar-refractivity contribution in [2.24, 2.45) is 0 Å². The number of carbonyl (C=O) groups is 2. The fraction of sp³-hybridized carbons (Fsp3) is 0.467. The third-order valence-electron chi connectivity index (χ3n) is 3.42. The normalized spacial score (nSPS) is 15.3. The van der Waals surface area contributed by atoms with E-state index >= 15 is 0 Å². The molecule has 22 heavy (non-hydrogen) atoms. The number of hydrogen-bond donors (Lipinski definition) is 3. The summed E-state index contributed by atoms with van der Waals surface area (Å²) >= 11 is 0. The van der Waals surface area contributed by atoms with Gasteiger partial charge in [-0.3, -0.25) is 14.5 Å². The van der Waals surface area contributed by atoms with Gasteiger partial charge in [-0.05, 0) is 24.6 Å². The van der Waals surface area contributed by atoms with E-state index in [1.165, 1.54) is 6.07 Å². The molecule has 0 unspecified atom stereocenters. The van der Waals surface area contributed by atoms with Crippen LogP contribution in [0.4, 0.5) is 5.69 Å². The number of carbonyl (C=O) groups excluding carboxylic acids is 2. The molecule has 0 radical (unpaired) electrons. The highest BCUT2D eigenvalue weighted by molar-refractivity contribution is 6.39. The smallest absolute Gasteiger partial charge is 0.313 e. The van der Waals surface area contributed by atoms with Gasteiger partial charge in [0.05, 0.1) is 18.9 Å². The molecule has 0 bridgehead atoms. The Balaban J connectivity index is 1.76. The van der Waals surface area contributed by atoms with Crippen molar-refractivity contribution in [2.45, 2.75) is 6.92 Å². The Labute approximate surface area is 129 Å². The monoisotopic (exact) mass is 307 g/mol. The fourth-order valence-corrected chi connectivity index (χ4v) is 2.16. The van der Waals surface area contributed by atoms with Gasteiger partial charge in [0.1, 0.15) is 5.75 Å². The molecule has 7 heteroatoms. The minimum atomic E-state index is -0.789. The number of amides is 2. The average Bonchev–Trinajstić information content (AvgIpc) is 2.52. The highest BCUT2D eigenvalue weighted by Gasteiger charge is 2.16. The average molecular weight is 307 g/mol. The van der Waals surface area contributed by atoms with Gasteiger partial charge in [0.15, 0.2) is 0 Å². The maximum absolute atomic E-state index is 11.8. The molecule has 1 heterocycles. The number of hydrogen-bond acceptors (Lipinski definition) is 5. The number of nitrogens with one attached hydrogen (secondary N) is 2.